The Morgan fingerprint density at radius 2 is 1.44 bits per heavy atom. The molecule has 1 aromatic carbocycles. The molecule has 3 aliphatic carbocycles. The predicted molar refractivity (Wildman–Crippen MR) is 269 cm³/mol. The fourth-order valence-corrected chi connectivity index (χ4v) is 12.1. The molecule has 412 valence electrons. The Morgan fingerprint density at radius 3 is 2.00 bits per heavy atom. The first-order valence-electron chi connectivity index (χ1n) is 27.2. The number of nitrogens with one attached hydrogen (secondary N) is 1. The molecule has 6 rings (SSSR count). The number of carbonyl (C=O) groups is 4. The van der Waals surface area contributed by atoms with Crippen LogP contribution in [0.4, 0.5) is 9.59 Å². The fraction of sp³-hybridized carbons (Fsp3) is 0.786. The van der Waals surface area contributed by atoms with Crippen molar-refractivity contribution in [2.45, 2.75) is 243 Å². The molecular weight excluding hydrogens is 943 g/mol. The maximum absolute atomic E-state index is 14.8. The maximum Gasteiger partial charge on any atom is 0.509 e. The lowest BCUT2D eigenvalue weighted by atomic mass is 9.45. The number of ketones is 1. The van der Waals surface area contributed by atoms with Gasteiger partial charge in [0.2, 0.25) is 6.10 Å². The number of amides is 1. The number of ether oxygens (including phenoxy) is 7. The van der Waals surface area contributed by atoms with Crippen molar-refractivity contribution in [1.82, 2.24) is 5.32 Å². The molecule has 1 aromatic rings. The monoisotopic (exact) mass is 1030 g/mol. The molecule has 13 atom stereocenters. The van der Waals surface area contributed by atoms with E-state index in [0.29, 0.717) is 12.0 Å². The lowest BCUT2D eigenvalue weighted by Gasteiger charge is -2.66. The van der Waals surface area contributed by atoms with Crippen LogP contribution in [0.1, 0.15) is 183 Å². The smallest absolute Gasteiger partial charge is 0.455 e. The number of aliphatic hydroxyl groups is 5. The first kappa shape index (κ1) is 58.6. The summed E-state index contributed by atoms with van der Waals surface area (Å²) in [5.74, 6) is -3.66. The first-order valence-corrected chi connectivity index (χ1v) is 27.2. The van der Waals surface area contributed by atoms with E-state index < -0.39 is 119 Å². The molecule has 2 bridgehead atoms. The van der Waals surface area contributed by atoms with Crippen molar-refractivity contribution in [2.75, 3.05) is 19.8 Å². The number of esters is 1. The zero-order valence-corrected chi connectivity index (χ0v) is 44.7. The summed E-state index contributed by atoms with van der Waals surface area (Å²) in [5.41, 5.74) is -8.30. The molecule has 6 N–H and O–H groups in total. The largest absolute Gasteiger partial charge is 0.509 e. The number of hydrogen-bond acceptors (Lipinski definition) is 16. The van der Waals surface area contributed by atoms with Gasteiger partial charge in [0, 0.05) is 24.2 Å². The topological polar surface area (TPSA) is 246 Å². The minimum Gasteiger partial charge on any atom is -0.455 e. The summed E-state index contributed by atoms with van der Waals surface area (Å²) in [4.78, 5) is 56.6. The van der Waals surface area contributed by atoms with Crippen molar-refractivity contribution >= 4 is 24.0 Å². The van der Waals surface area contributed by atoms with Crippen molar-refractivity contribution in [3.05, 3.63) is 47.0 Å². The van der Waals surface area contributed by atoms with Crippen LogP contribution in [0.2, 0.25) is 0 Å². The summed E-state index contributed by atoms with van der Waals surface area (Å²) < 4.78 is 40.5. The van der Waals surface area contributed by atoms with Gasteiger partial charge in [0.25, 0.3) is 0 Å². The number of alkyl carbamates (subject to hydrolysis) is 1. The maximum atomic E-state index is 14.8. The number of fused-ring (bicyclic) bond motifs is 5. The Balaban J connectivity index is 1.12. The molecular formula is C56H87NO16. The average molecular weight is 1030 g/mol. The fourth-order valence-electron chi connectivity index (χ4n) is 12.1. The standard InChI is InChI=1S/C56H87NO16/c1-9-10-11-12-13-14-15-16-17-18-19-20-21-22-26-29-41-67-32-37(70-41)33-68-51(64)72-45(43(36-27-24-23-25-28-36)57-50(63)73-52(3,4)5)49(62)71-38-31-56(66)48(61)46-54(8,39(58)30-40-55(46,65)34-69-40)47(60)44(59)42(35(38)2)53(56,6)7/h23-25,27-28,37-41,43-46,48,58-59,61,65-66H,9-22,26,29-34H2,1-8H3,(H,57,63)/t37?,38-,39-,40+,41?,43-,44+,45+,46-,48-,54+,55-,56+/m0/s1. The van der Waals surface area contributed by atoms with E-state index in [0.717, 1.165) is 19.3 Å². The van der Waals surface area contributed by atoms with Crippen LogP contribution in [-0.2, 0) is 42.7 Å². The highest BCUT2D eigenvalue weighted by Gasteiger charge is 2.75. The Kier molecular flexibility index (Phi) is 20.0. The summed E-state index contributed by atoms with van der Waals surface area (Å²) >= 11 is 0. The third kappa shape index (κ3) is 13.3. The highest BCUT2D eigenvalue weighted by Crippen LogP contribution is 2.62. The number of carbonyl (C=O) groups excluding carboxylic acids is 4. The normalized spacial score (nSPS) is 32.5. The molecule has 2 unspecified atom stereocenters. The van der Waals surface area contributed by atoms with E-state index in [1.165, 1.54) is 105 Å². The Bertz CT molecular complexity index is 2040. The van der Waals surface area contributed by atoms with Crippen molar-refractivity contribution in [3.8, 4) is 0 Å². The van der Waals surface area contributed by atoms with Gasteiger partial charge >= 0.3 is 18.2 Å². The van der Waals surface area contributed by atoms with E-state index in [2.05, 4.69) is 12.2 Å². The van der Waals surface area contributed by atoms with Gasteiger partial charge in [0.1, 0.15) is 47.8 Å². The van der Waals surface area contributed by atoms with E-state index in [4.69, 9.17) is 33.2 Å². The van der Waals surface area contributed by atoms with Crippen LogP contribution in [0.5, 0.6) is 0 Å². The molecule has 5 aliphatic rings. The Hall–Kier alpha value is -3.68. The first-order chi connectivity index (χ1) is 34.5. The second kappa shape index (κ2) is 25.0. The van der Waals surface area contributed by atoms with Crippen LogP contribution < -0.4 is 5.32 Å². The van der Waals surface area contributed by atoms with Gasteiger partial charge in [0.05, 0.1) is 36.9 Å². The molecule has 2 aliphatic heterocycles. The Morgan fingerprint density at radius 1 is 0.849 bits per heavy atom. The minimum atomic E-state index is -2.33. The summed E-state index contributed by atoms with van der Waals surface area (Å²) in [5, 5.41) is 63.5. The SMILES string of the molecule is CCCCCCCCCCCCCCCCCC1OCC(COC(=O)O[C@@H](C(=O)O[C@H]2C[C@@]3(O)[C@@H](O)[C@@H]4[C@]5(O)CO[C@@H]5C[C@H](O)[C@@]4(C)C(=O)[C@H](O)C(=C2C)C3(C)C)[C@@H](NC(=O)OC(C)(C)C)c2ccccc2)O1. The van der Waals surface area contributed by atoms with E-state index in [9.17, 15) is 44.7 Å². The second-order valence-corrected chi connectivity index (χ2v) is 23.2. The summed E-state index contributed by atoms with van der Waals surface area (Å²) in [6.07, 6.45) is 5.74. The molecule has 2 saturated heterocycles. The van der Waals surface area contributed by atoms with E-state index in [1.807, 2.05) is 0 Å². The highest BCUT2D eigenvalue weighted by atomic mass is 16.8. The minimum absolute atomic E-state index is 0.0611. The van der Waals surface area contributed by atoms with E-state index in [1.54, 1.807) is 51.1 Å². The van der Waals surface area contributed by atoms with Crippen LogP contribution in [0.3, 0.4) is 0 Å². The number of rotatable bonds is 24. The third-order valence-electron chi connectivity index (χ3n) is 16.5. The van der Waals surface area contributed by atoms with Crippen LogP contribution in [0.15, 0.2) is 41.5 Å². The van der Waals surface area contributed by atoms with Gasteiger partial charge in [-0.3, -0.25) is 4.79 Å². The van der Waals surface area contributed by atoms with Gasteiger partial charge < -0.3 is 64.0 Å². The quantitative estimate of drug-likeness (QED) is 0.0249. The van der Waals surface area contributed by atoms with Gasteiger partial charge in [-0.15, -0.1) is 0 Å². The molecule has 0 radical (unpaired) electrons. The van der Waals surface area contributed by atoms with Gasteiger partial charge in [-0.25, -0.2) is 14.4 Å². The molecule has 17 heteroatoms. The van der Waals surface area contributed by atoms with Crippen LogP contribution in [0.25, 0.3) is 0 Å². The zero-order valence-electron chi connectivity index (χ0n) is 44.7. The van der Waals surface area contributed by atoms with Gasteiger partial charge in [-0.05, 0) is 64.2 Å². The number of Topliss-reactive ketones (excluding diaryl/α,β-unsaturated/α-hetero) is 1. The number of aliphatic hydroxyl groups excluding tert-OH is 3. The number of unbranched alkanes of at least 4 members (excludes halogenated alkanes) is 14. The lowest BCUT2D eigenvalue weighted by molar-refractivity contribution is -0.344. The second-order valence-electron chi connectivity index (χ2n) is 23.2. The summed E-state index contributed by atoms with van der Waals surface area (Å²) in [7, 11) is 0. The number of benzene rings is 1. The molecule has 4 fully saturated rings. The van der Waals surface area contributed by atoms with Gasteiger partial charge in [-0.1, -0.05) is 141 Å². The third-order valence-corrected chi connectivity index (χ3v) is 16.5. The molecule has 2 heterocycles. The molecule has 0 aromatic heterocycles. The van der Waals surface area contributed by atoms with Crippen LogP contribution >= 0.6 is 0 Å². The van der Waals surface area contributed by atoms with E-state index in [-0.39, 0.29) is 37.4 Å². The predicted octanol–water partition coefficient (Wildman–Crippen LogP) is 7.99. The molecule has 1 amide bonds. The molecule has 0 spiro atoms. The molecule has 17 nitrogen and oxygen atoms in total. The molecule has 73 heavy (non-hydrogen) atoms. The van der Waals surface area contributed by atoms with Gasteiger partial charge in [-0.2, -0.15) is 0 Å². The summed E-state index contributed by atoms with van der Waals surface area (Å²) in [6, 6.07) is 6.74. The van der Waals surface area contributed by atoms with Crippen molar-refractivity contribution in [1.29, 1.82) is 0 Å². The van der Waals surface area contributed by atoms with Crippen molar-refractivity contribution in [2.24, 2.45) is 16.7 Å². The highest BCUT2D eigenvalue weighted by molar-refractivity contribution is 5.93. The molecule has 2 saturated carbocycles. The lowest BCUT2D eigenvalue weighted by Crippen LogP contribution is -2.80. The number of hydrogen-bond donors (Lipinski definition) is 6. The van der Waals surface area contributed by atoms with Gasteiger partial charge in [0.15, 0.2) is 12.1 Å². The summed E-state index contributed by atoms with van der Waals surface area (Å²) in [6.45, 7) is 12.7. The average Bonchev–Trinajstić information content (AvgIpc) is 3.79. The van der Waals surface area contributed by atoms with Crippen LogP contribution in [-0.4, -0.2) is 135 Å². The van der Waals surface area contributed by atoms with E-state index >= 15 is 0 Å². The Labute approximate surface area is 432 Å². The zero-order chi connectivity index (χ0) is 53.4. The van der Waals surface area contributed by atoms with Crippen molar-refractivity contribution in [3.63, 3.8) is 0 Å². The van der Waals surface area contributed by atoms with Crippen molar-refractivity contribution < 1.29 is 77.9 Å². The van der Waals surface area contributed by atoms with Crippen LogP contribution in [0, 0.1) is 16.7 Å².